The van der Waals surface area contributed by atoms with Gasteiger partial charge in [0.2, 0.25) is 0 Å². The Kier molecular flexibility index (Phi) is 4.57. The number of rotatable bonds is 5. The van der Waals surface area contributed by atoms with Crippen LogP contribution in [0.2, 0.25) is 0 Å². The van der Waals surface area contributed by atoms with Crippen LogP contribution in [0.15, 0.2) is 0 Å². The van der Waals surface area contributed by atoms with E-state index in [1.54, 1.807) is 6.92 Å². The molecule has 9 atom stereocenters. The Morgan fingerprint density at radius 3 is 1.80 bits per heavy atom. The minimum absolute atomic E-state index is 0.0651. The molecule has 4 bridgehead atoms. The second-order valence-electron chi connectivity index (χ2n) is 9.35. The summed E-state index contributed by atoms with van der Waals surface area (Å²) in [5.41, 5.74) is 0. The first-order valence-corrected chi connectivity index (χ1v) is 10.3. The van der Waals surface area contributed by atoms with Gasteiger partial charge in [-0.25, -0.2) is 0 Å². The first-order valence-electron chi connectivity index (χ1n) is 10.3. The van der Waals surface area contributed by atoms with Crippen molar-refractivity contribution in [3.8, 4) is 0 Å². The van der Waals surface area contributed by atoms with Crippen LogP contribution in [-0.4, -0.2) is 24.1 Å². The Morgan fingerprint density at radius 2 is 1.32 bits per heavy atom. The fourth-order valence-electron chi connectivity index (χ4n) is 6.24. The Labute approximate surface area is 151 Å². The third-order valence-corrected chi connectivity index (χ3v) is 7.88. The number of esters is 2. The number of carbonyl (C=O) groups excluding carboxylic acids is 2. The molecule has 0 spiro atoms. The number of carbonyl (C=O) groups is 2. The van der Waals surface area contributed by atoms with Crippen molar-refractivity contribution in [3.63, 3.8) is 0 Å². The Bertz CT molecular complexity index is 540. The molecule has 0 saturated heterocycles. The van der Waals surface area contributed by atoms with Crippen molar-refractivity contribution in [1.82, 2.24) is 0 Å². The lowest BCUT2D eigenvalue weighted by atomic mass is 9.87. The zero-order valence-corrected chi connectivity index (χ0v) is 15.8. The number of hydrogen-bond donors (Lipinski definition) is 0. The molecular formula is C21H32O4. The van der Waals surface area contributed by atoms with Gasteiger partial charge in [-0.1, -0.05) is 20.8 Å². The third kappa shape index (κ3) is 3.10. The van der Waals surface area contributed by atoms with E-state index in [4.69, 9.17) is 9.47 Å². The predicted molar refractivity (Wildman–Crippen MR) is 93.5 cm³/mol. The fraction of sp³-hybridized carbons (Fsp3) is 0.905. The summed E-state index contributed by atoms with van der Waals surface area (Å²) in [6.45, 7) is 6.21. The smallest absolute Gasteiger partial charge is 0.309 e. The standard InChI is InChI=1S/C21H32O4/c1-11(21(23)25-20-13(3)15-5-7-17(20)10-15)8-18(22)24-19-12(2)14-4-6-16(19)9-14/h11-17,19-20H,4-10H2,1-3H3. The summed E-state index contributed by atoms with van der Waals surface area (Å²) in [6, 6.07) is 0. The molecule has 0 amide bonds. The van der Waals surface area contributed by atoms with Crippen LogP contribution in [0, 0.1) is 41.4 Å². The van der Waals surface area contributed by atoms with Crippen LogP contribution in [0.1, 0.15) is 65.7 Å². The first-order chi connectivity index (χ1) is 11.9. The van der Waals surface area contributed by atoms with Gasteiger partial charge in [0.15, 0.2) is 0 Å². The molecule has 0 aromatic heterocycles. The molecule has 0 aromatic rings. The molecule has 4 nitrogen and oxygen atoms in total. The van der Waals surface area contributed by atoms with Crippen LogP contribution >= 0.6 is 0 Å². The highest BCUT2D eigenvalue weighted by molar-refractivity contribution is 5.79. The summed E-state index contributed by atoms with van der Waals surface area (Å²) in [7, 11) is 0. The number of ether oxygens (including phenoxy) is 2. The van der Waals surface area contributed by atoms with Gasteiger partial charge in [-0.2, -0.15) is 0 Å². The topological polar surface area (TPSA) is 52.6 Å². The van der Waals surface area contributed by atoms with Crippen molar-refractivity contribution in [3.05, 3.63) is 0 Å². The molecule has 4 aliphatic carbocycles. The molecule has 4 fully saturated rings. The van der Waals surface area contributed by atoms with Crippen molar-refractivity contribution >= 4 is 11.9 Å². The van der Waals surface area contributed by atoms with Gasteiger partial charge in [0.25, 0.3) is 0 Å². The lowest BCUT2D eigenvalue weighted by molar-refractivity contribution is -0.165. The Balaban J connectivity index is 1.26. The van der Waals surface area contributed by atoms with Crippen LogP contribution in [0.3, 0.4) is 0 Å². The monoisotopic (exact) mass is 348 g/mol. The quantitative estimate of drug-likeness (QED) is 0.706. The van der Waals surface area contributed by atoms with Crippen molar-refractivity contribution in [2.75, 3.05) is 0 Å². The van der Waals surface area contributed by atoms with Gasteiger partial charge in [-0.15, -0.1) is 0 Å². The van der Waals surface area contributed by atoms with E-state index in [1.807, 2.05) is 0 Å². The normalized spacial score (nSPS) is 45.6. The van der Waals surface area contributed by atoms with E-state index in [-0.39, 0.29) is 30.6 Å². The molecule has 4 saturated carbocycles. The van der Waals surface area contributed by atoms with E-state index in [0.717, 1.165) is 11.8 Å². The van der Waals surface area contributed by atoms with Crippen molar-refractivity contribution in [1.29, 1.82) is 0 Å². The molecule has 25 heavy (non-hydrogen) atoms. The Morgan fingerprint density at radius 1 is 0.840 bits per heavy atom. The van der Waals surface area contributed by atoms with Crippen LogP contribution in [-0.2, 0) is 19.1 Å². The fourth-order valence-corrected chi connectivity index (χ4v) is 6.24. The van der Waals surface area contributed by atoms with E-state index in [9.17, 15) is 9.59 Å². The highest BCUT2D eigenvalue weighted by Gasteiger charge is 2.49. The number of hydrogen-bond acceptors (Lipinski definition) is 4. The number of fused-ring (bicyclic) bond motifs is 4. The lowest BCUT2D eigenvalue weighted by Gasteiger charge is -2.30. The van der Waals surface area contributed by atoms with Crippen LogP contribution in [0.5, 0.6) is 0 Å². The lowest BCUT2D eigenvalue weighted by Crippen LogP contribution is -2.34. The largest absolute Gasteiger partial charge is 0.462 e. The van der Waals surface area contributed by atoms with E-state index in [0.29, 0.717) is 23.7 Å². The average molecular weight is 348 g/mol. The van der Waals surface area contributed by atoms with Crippen molar-refractivity contribution < 1.29 is 19.1 Å². The summed E-state index contributed by atoms with van der Waals surface area (Å²) in [5.74, 6) is 2.62. The second-order valence-corrected chi connectivity index (χ2v) is 9.35. The summed E-state index contributed by atoms with van der Waals surface area (Å²) in [4.78, 5) is 24.8. The summed E-state index contributed by atoms with van der Waals surface area (Å²) in [6.07, 6.45) is 7.63. The van der Waals surface area contributed by atoms with Gasteiger partial charge in [0.1, 0.15) is 12.2 Å². The van der Waals surface area contributed by atoms with Crippen LogP contribution in [0.25, 0.3) is 0 Å². The van der Waals surface area contributed by atoms with Gasteiger partial charge in [0.05, 0.1) is 12.3 Å². The van der Waals surface area contributed by atoms with E-state index in [1.165, 1.54) is 38.5 Å². The summed E-state index contributed by atoms with van der Waals surface area (Å²) < 4.78 is 11.6. The summed E-state index contributed by atoms with van der Waals surface area (Å²) >= 11 is 0. The van der Waals surface area contributed by atoms with Crippen LogP contribution in [0.4, 0.5) is 0 Å². The highest BCUT2D eigenvalue weighted by Crippen LogP contribution is 2.50. The maximum absolute atomic E-state index is 12.5. The molecule has 4 rings (SSSR count). The molecule has 0 aromatic carbocycles. The molecule has 0 radical (unpaired) electrons. The zero-order chi connectivity index (χ0) is 17.7. The first kappa shape index (κ1) is 17.4. The molecule has 4 aliphatic rings. The summed E-state index contributed by atoms with van der Waals surface area (Å²) in [5, 5.41) is 0. The SMILES string of the molecule is CC(CC(=O)OC1C2CCC(C2)C1C)C(=O)OC1C2CCC(C2)C1C. The van der Waals surface area contributed by atoms with Gasteiger partial charge >= 0.3 is 11.9 Å². The second kappa shape index (κ2) is 6.59. The minimum atomic E-state index is -0.410. The molecule has 4 heteroatoms. The highest BCUT2D eigenvalue weighted by atomic mass is 16.6. The zero-order valence-electron chi connectivity index (χ0n) is 15.8. The van der Waals surface area contributed by atoms with Gasteiger partial charge in [0, 0.05) is 0 Å². The van der Waals surface area contributed by atoms with Crippen LogP contribution < -0.4 is 0 Å². The predicted octanol–water partition coefficient (Wildman–Crippen LogP) is 3.97. The van der Waals surface area contributed by atoms with Gasteiger partial charge in [-0.05, 0) is 74.0 Å². The molecule has 0 heterocycles. The molecule has 0 N–H and O–H groups in total. The van der Waals surface area contributed by atoms with Crippen molar-refractivity contribution in [2.45, 2.75) is 77.9 Å². The average Bonchev–Trinajstić information content (AvgIpc) is 3.32. The van der Waals surface area contributed by atoms with E-state index >= 15 is 0 Å². The van der Waals surface area contributed by atoms with Gasteiger partial charge < -0.3 is 9.47 Å². The Hall–Kier alpha value is -1.06. The maximum Gasteiger partial charge on any atom is 0.309 e. The van der Waals surface area contributed by atoms with E-state index in [2.05, 4.69) is 13.8 Å². The van der Waals surface area contributed by atoms with E-state index < -0.39 is 5.92 Å². The third-order valence-electron chi connectivity index (χ3n) is 7.88. The molecular weight excluding hydrogens is 316 g/mol. The minimum Gasteiger partial charge on any atom is -0.462 e. The molecule has 140 valence electrons. The van der Waals surface area contributed by atoms with Crippen molar-refractivity contribution in [2.24, 2.45) is 41.4 Å². The van der Waals surface area contributed by atoms with Gasteiger partial charge in [-0.3, -0.25) is 9.59 Å². The maximum atomic E-state index is 12.5. The molecule has 9 unspecified atom stereocenters. The molecule has 0 aliphatic heterocycles.